The zero-order valence-corrected chi connectivity index (χ0v) is 8.94. The van der Waals surface area contributed by atoms with E-state index in [9.17, 15) is 14.0 Å². The molecule has 0 aliphatic carbocycles. The van der Waals surface area contributed by atoms with Gasteiger partial charge >= 0.3 is 5.97 Å². The van der Waals surface area contributed by atoms with Crippen LogP contribution in [0, 0.1) is 5.82 Å². The molecule has 90 valence electrons. The first kappa shape index (κ1) is 11.7. The number of nitrogens with one attached hydrogen (secondary N) is 1. The Labute approximate surface area is 96.8 Å². The Hall–Kier alpha value is -1.79. The van der Waals surface area contributed by atoms with E-state index in [1.165, 1.54) is 12.1 Å². The molecule has 6 heteroatoms. The molecule has 1 aromatic carbocycles. The molecule has 5 nitrogen and oxygen atoms in total. The highest BCUT2D eigenvalue weighted by Crippen LogP contribution is 2.12. The van der Waals surface area contributed by atoms with Crippen LogP contribution in [0.2, 0.25) is 0 Å². The molecule has 0 amide bonds. The Bertz CT molecular complexity index is 476. The first-order valence-corrected chi connectivity index (χ1v) is 5.08. The van der Waals surface area contributed by atoms with Gasteiger partial charge in [-0.1, -0.05) is 6.07 Å². The molecular weight excluding hydrogens is 227 g/mol. The van der Waals surface area contributed by atoms with Crippen molar-refractivity contribution in [1.29, 1.82) is 0 Å². The lowest BCUT2D eigenvalue weighted by atomic mass is 10.1. The fourth-order valence-corrected chi connectivity index (χ4v) is 1.69. The van der Waals surface area contributed by atoms with E-state index in [-0.39, 0.29) is 24.4 Å². The zero-order chi connectivity index (χ0) is 12.4. The zero-order valence-electron chi connectivity index (χ0n) is 8.94. The summed E-state index contributed by atoms with van der Waals surface area (Å²) >= 11 is 0. The molecule has 1 saturated heterocycles. The van der Waals surface area contributed by atoms with Gasteiger partial charge in [-0.15, -0.1) is 0 Å². The van der Waals surface area contributed by atoms with Crippen LogP contribution < -0.4 is 5.43 Å². The van der Waals surface area contributed by atoms with Crippen molar-refractivity contribution >= 4 is 11.8 Å². The summed E-state index contributed by atoms with van der Waals surface area (Å²) in [4.78, 5) is 21.8. The number of benzene rings is 1. The predicted octanol–water partition coefficient (Wildman–Crippen LogP) is 0.413. The average molecular weight is 238 g/mol. The molecule has 1 heterocycles. The van der Waals surface area contributed by atoms with Gasteiger partial charge in [0.2, 0.25) is 0 Å². The van der Waals surface area contributed by atoms with Crippen molar-refractivity contribution in [3.63, 3.8) is 0 Å². The number of ketones is 1. The second-order valence-electron chi connectivity index (χ2n) is 3.85. The number of hydrogen-bond acceptors (Lipinski definition) is 4. The van der Waals surface area contributed by atoms with E-state index in [4.69, 9.17) is 5.11 Å². The van der Waals surface area contributed by atoms with Crippen molar-refractivity contribution in [3.05, 3.63) is 35.1 Å². The van der Waals surface area contributed by atoms with Crippen LogP contribution in [0.15, 0.2) is 18.2 Å². The number of Topliss-reactive ketones (excluding diaryl/α,β-unsaturated/α-hetero) is 1. The fourth-order valence-electron chi connectivity index (χ4n) is 1.69. The highest BCUT2D eigenvalue weighted by atomic mass is 19.1. The molecule has 1 fully saturated rings. The Balaban J connectivity index is 2.14. The van der Waals surface area contributed by atoms with Crippen molar-refractivity contribution < 1.29 is 19.1 Å². The van der Waals surface area contributed by atoms with Gasteiger partial charge in [-0.2, -0.15) is 0 Å². The summed E-state index contributed by atoms with van der Waals surface area (Å²) in [7, 11) is 0. The molecule has 0 radical (unpaired) electrons. The van der Waals surface area contributed by atoms with Crippen LogP contribution in [0.1, 0.15) is 15.9 Å². The summed E-state index contributed by atoms with van der Waals surface area (Å²) < 4.78 is 13.1. The second-order valence-corrected chi connectivity index (χ2v) is 3.85. The third-order valence-corrected chi connectivity index (χ3v) is 2.50. The third kappa shape index (κ3) is 2.66. The monoisotopic (exact) mass is 238 g/mol. The van der Waals surface area contributed by atoms with Crippen molar-refractivity contribution in [2.75, 3.05) is 13.1 Å². The maximum atomic E-state index is 13.1. The predicted molar refractivity (Wildman–Crippen MR) is 56.8 cm³/mol. The minimum Gasteiger partial charge on any atom is -0.478 e. The molecule has 0 saturated carbocycles. The van der Waals surface area contributed by atoms with E-state index < -0.39 is 11.8 Å². The van der Waals surface area contributed by atoms with Crippen molar-refractivity contribution in [2.24, 2.45) is 0 Å². The molecule has 2 rings (SSSR count). The number of carbonyl (C=O) groups excluding carboxylic acids is 1. The van der Waals surface area contributed by atoms with Gasteiger partial charge in [0.1, 0.15) is 5.82 Å². The molecule has 0 spiro atoms. The largest absolute Gasteiger partial charge is 0.478 e. The van der Waals surface area contributed by atoms with Gasteiger partial charge in [0, 0.05) is 6.54 Å². The summed E-state index contributed by atoms with van der Waals surface area (Å²) in [6.45, 7) is 0.930. The minimum atomic E-state index is -1.30. The number of rotatable bonds is 3. The molecule has 2 N–H and O–H groups in total. The number of hydrogen-bond donors (Lipinski definition) is 2. The number of halogens is 1. The molecule has 0 bridgehead atoms. The Kier molecular flexibility index (Phi) is 3.16. The number of carbonyl (C=O) groups is 2. The van der Waals surface area contributed by atoms with Gasteiger partial charge in [-0.25, -0.2) is 19.6 Å². The number of hydrazine groups is 1. The molecule has 0 atom stereocenters. The van der Waals surface area contributed by atoms with Crippen LogP contribution in [-0.2, 0) is 11.3 Å². The first-order valence-electron chi connectivity index (χ1n) is 5.08. The number of nitrogens with zero attached hydrogens (tertiary/aromatic N) is 1. The van der Waals surface area contributed by atoms with E-state index >= 15 is 0 Å². The molecule has 1 aliphatic heterocycles. The molecular formula is C11H11FN2O3. The highest BCUT2D eigenvalue weighted by molar-refractivity contribution is 5.88. The molecule has 1 aliphatic rings. The van der Waals surface area contributed by atoms with Crippen molar-refractivity contribution in [2.45, 2.75) is 6.54 Å². The number of carboxylic acids is 1. The lowest BCUT2D eigenvalue weighted by molar-refractivity contribution is -0.116. The molecule has 1 aromatic rings. The summed E-state index contributed by atoms with van der Waals surface area (Å²) in [5.74, 6) is -1.98. The van der Waals surface area contributed by atoms with Crippen LogP contribution in [0.5, 0.6) is 0 Å². The highest BCUT2D eigenvalue weighted by Gasteiger charge is 2.19. The van der Waals surface area contributed by atoms with Gasteiger partial charge in [0.25, 0.3) is 0 Å². The van der Waals surface area contributed by atoms with E-state index in [0.717, 1.165) is 6.07 Å². The standard InChI is InChI=1S/C11H11FN2O3/c12-10-2-1-7(3-9(10)11(16)17)5-14-6-8(15)4-13-14/h1-3,13H,4-6H2,(H,16,17). The Morgan fingerprint density at radius 3 is 2.88 bits per heavy atom. The van der Waals surface area contributed by atoms with Gasteiger partial charge in [0.15, 0.2) is 5.78 Å². The summed E-state index contributed by atoms with van der Waals surface area (Å²) in [5, 5.41) is 10.4. The summed E-state index contributed by atoms with van der Waals surface area (Å²) in [6, 6.07) is 3.91. The Morgan fingerprint density at radius 1 is 1.53 bits per heavy atom. The average Bonchev–Trinajstić information content (AvgIpc) is 2.66. The van der Waals surface area contributed by atoms with Gasteiger partial charge < -0.3 is 5.11 Å². The van der Waals surface area contributed by atoms with Crippen molar-refractivity contribution in [3.8, 4) is 0 Å². The maximum Gasteiger partial charge on any atom is 0.338 e. The smallest absolute Gasteiger partial charge is 0.338 e. The maximum absolute atomic E-state index is 13.1. The van der Waals surface area contributed by atoms with Gasteiger partial charge in [0.05, 0.1) is 18.7 Å². The molecule has 0 aromatic heterocycles. The first-order chi connectivity index (χ1) is 8.06. The second kappa shape index (κ2) is 4.60. The van der Waals surface area contributed by atoms with Crippen LogP contribution in [0.4, 0.5) is 4.39 Å². The molecule has 0 unspecified atom stereocenters. The van der Waals surface area contributed by atoms with E-state index in [1.807, 2.05) is 0 Å². The molecule has 17 heavy (non-hydrogen) atoms. The number of carboxylic acid groups (broad SMARTS) is 1. The summed E-state index contributed by atoms with van der Waals surface area (Å²) in [5.41, 5.74) is 3.15. The van der Waals surface area contributed by atoms with Crippen LogP contribution >= 0.6 is 0 Å². The number of aromatic carboxylic acids is 1. The van der Waals surface area contributed by atoms with E-state index in [2.05, 4.69) is 5.43 Å². The van der Waals surface area contributed by atoms with E-state index in [0.29, 0.717) is 12.1 Å². The quantitative estimate of drug-likeness (QED) is 0.798. The SMILES string of the molecule is O=C1CNN(Cc2ccc(F)c(C(=O)O)c2)C1. The van der Waals surface area contributed by atoms with Gasteiger partial charge in [-0.05, 0) is 17.7 Å². The van der Waals surface area contributed by atoms with E-state index in [1.54, 1.807) is 5.01 Å². The third-order valence-electron chi connectivity index (χ3n) is 2.50. The van der Waals surface area contributed by atoms with Crippen molar-refractivity contribution in [1.82, 2.24) is 10.4 Å². The van der Waals surface area contributed by atoms with Gasteiger partial charge in [-0.3, -0.25) is 4.79 Å². The minimum absolute atomic E-state index is 0.0746. The lowest BCUT2D eigenvalue weighted by Gasteiger charge is -2.14. The fraction of sp³-hybridized carbons (Fsp3) is 0.273. The topological polar surface area (TPSA) is 69.6 Å². The summed E-state index contributed by atoms with van der Waals surface area (Å²) in [6.07, 6.45) is 0. The van der Waals surface area contributed by atoms with Crippen LogP contribution in [0.25, 0.3) is 0 Å². The Morgan fingerprint density at radius 2 is 2.29 bits per heavy atom. The normalized spacial score (nSPS) is 16.4. The van der Waals surface area contributed by atoms with Crippen LogP contribution in [0.3, 0.4) is 0 Å². The van der Waals surface area contributed by atoms with Crippen LogP contribution in [-0.4, -0.2) is 35.0 Å². The lowest BCUT2D eigenvalue weighted by Crippen LogP contribution is -2.30.